The van der Waals surface area contributed by atoms with Gasteiger partial charge in [0.05, 0.1) is 16.0 Å². The van der Waals surface area contributed by atoms with E-state index in [9.17, 15) is 24.0 Å². The van der Waals surface area contributed by atoms with Crippen molar-refractivity contribution >= 4 is 22.4 Å². The van der Waals surface area contributed by atoms with E-state index in [0.29, 0.717) is 16.7 Å². The van der Waals surface area contributed by atoms with E-state index >= 15 is 0 Å². The topological polar surface area (TPSA) is 88.3 Å². The first-order valence-corrected chi connectivity index (χ1v) is 7.37. The fourth-order valence-electron chi connectivity index (χ4n) is 2.46. The molecule has 0 saturated carbocycles. The summed E-state index contributed by atoms with van der Waals surface area (Å²) in [6, 6.07) is 10.8. The lowest BCUT2D eigenvalue weighted by atomic mass is 10.1. The number of non-ortho nitro benzene ring substituents is 1. The van der Waals surface area contributed by atoms with E-state index in [2.05, 4.69) is 10.3 Å². The first-order chi connectivity index (χ1) is 12.0. The number of aliphatic hydroxyl groups excluding tert-OH is 1. The average molecular weight is 345 g/mol. The maximum absolute atomic E-state index is 13.6. The zero-order chi connectivity index (χ0) is 18.0. The van der Waals surface area contributed by atoms with Crippen LogP contribution in [0, 0.1) is 21.7 Å². The fraction of sp³-hybridized carbons (Fsp3) is 0.118. The van der Waals surface area contributed by atoms with Crippen LogP contribution >= 0.6 is 0 Å². The molecular formula is C17H13F2N3O3. The highest BCUT2D eigenvalue weighted by Crippen LogP contribution is 2.23. The van der Waals surface area contributed by atoms with Crippen molar-refractivity contribution < 1.29 is 18.8 Å². The summed E-state index contributed by atoms with van der Waals surface area (Å²) in [4.78, 5) is 14.5. The highest BCUT2D eigenvalue weighted by atomic mass is 19.1. The second kappa shape index (κ2) is 6.78. The number of anilines is 1. The van der Waals surface area contributed by atoms with Crippen LogP contribution in [0.2, 0.25) is 0 Å². The normalized spacial score (nSPS) is 12.1. The highest BCUT2D eigenvalue weighted by molar-refractivity contribution is 5.82. The van der Waals surface area contributed by atoms with Crippen LogP contribution in [0.25, 0.3) is 10.9 Å². The average Bonchev–Trinajstić information content (AvgIpc) is 2.59. The Morgan fingerprint density at radius 1 is 1.16 bits per heavy atom. The van der Waals surface area contributed by atoms with Gasteiger partial charge in [-0.25, -0.2) is 13.8 Å². The molecule has 0 aliphatic carbocycles. The largest absolute Gasteiger partial charge is 0.386 e. The molecule has 2 N–H and O–H groups in total. The number of aliphatic hydroxyl groups is 1. The minimum Gasteiger partial charge on any atom is -0.386 e. The lowest BCUT2D eigenvalue weighted by Gasteiger charge is -2.14. The van der Waals surface area contributed by atoms with Crippen molar-refractivity contribution in [3.8, 4) is 0 Å². The van der Waals surface area contributed by atoms with Gasteiger partial charge in [0.1, 0.15) is 23.6 Å². The standard InChI is InChI=1S/C17H13F2N3O3/c18-12-2-1-3-13(19)17(12)15(23)9-20-16-7-4-10-8-11(22(24)25)5-6-14(10)21-16/h1-8,15,23H,9H2,(H,20,21). The third kappa shape index (κ3) is 3.53. The number of pyridine rings is 1. The summed E-state index contributed by atoms with van der Waals surface area (Å²) in [6.07, 6.45) is -1.39. The zero-order valence-electron chi connectivity index (χ0n) is 12.8. The third-order valence-corrected chi connectivity index (χ3v) is 3.69. The Balaban J connectivity index is 1.77. The van der Waals surface area contributed by atoms with Crippen molar-refractivity contribution in [3.63, 3.8) is 0 Å². The van der Waals surface area contributed by atoms with Crippen LogP contribution in [0.4, 0.5) is 20.3 Å². The Morgan fingerprint density at radius 3 is 2.56 bits per heavy atom. The lowest BCUT2D eigenvalue weighted by Crippen LogP contribution is -2.15. The number of nitro benzene ring substituents is 1. The first-order valence-electron chi connectivity index (χ1n) is 7.37. The van der Waals surface area contributed by atoms with E-state index < -0.39 is 28.2 Å². The van der Waals surface area contributed by atoms with Crippen LogP contribution in [-0.4, -0.2) is 21.6 Å². The smallest absolute Gasteiger partial charge is 0.270 e. The van der Waals surface area contributed by atoms with Gasteiger partial charge in [-0.2, -0.15) is 0 Å². The second-order valence-corrected chi connectivity index (χ2v) is 5.36. The van der Waals surface area contributed by atoms with Crippen LogP contribution in [0.1, 0.15) is 11.7 Å². The van der Waals surface area contributed by atoms with Crippen LogP contribution in [-0.2, 0) is 0 Å². The molecule has 0 saturated heterocycles. The van der Waals surface area contributed by atoms with Crippen molar-refractivity contribution in [2.75, 3.05) is 11.9 Å². The van der Waals surface area contributed by atoms with Gasteiger partial charge < -0.3 is 10.4 Å². The molecule has 2 aromatic carbocycles. The van der Waals surface area contributed by atoms with Crippen molar-refractivity contribution in [2.45, 2.75) is 6.10 Å². The Labute approximate surface area is 140 Å². The zero-order valence-corrected chi connectivity index (χ0v) is 12.8. The Hall–Kier alpha value is -3.13. The predicted molar refractivity (Wildman–Crippen MR) is 88.2 cm³/mol. The van der Waals surface area contributed by atoms with E-state index in [0.717, 1.165) is 12.1 Å². The number of hydrogen-bond acceptors (Lipinski definition) is 5. The molecule has 1 unspecified atom stereocenters. The number of fused-ring (bicyclic) bond motifs is 1. The van der Waals surface area contributed by atoms with Gasteiger partial charge in [0.25, 0.3) is 5.69 Å². The van der Waals surface area contributed by atoms with E-state index in [1.807, 2.05) is 0 Å². The monoisotopic (exact) mass is 345 g/mol. The number of halogens is 2. The van der Waals surface area contributed by atoms with Crippen LogP contribution in [0.5, 0.6) is 0 Å². The minimum atomic E-state index is -1.39. The highest BCUT2D eigenvalue weighted by Gasteiger charge is 2.17. The van der Waals surface area contributed by atoms with Crippen LogP contribution in [0.3, 0.4) is 0 Å². The van der Waals surface area contributed by atoms with Gasteiger partial charge in [-0.15, -0.1) is 0 Å². The lowest BCUT2D eigenvalue weighted by molar-refractivity contribution is -0.384. The van der Waals surface area contributed by atoms with Crippen molar-refractivity contribution in [3.05, 3.63) is 75.8 Å². The van der Waals surface area contributed by atoms with Gasteiger partial charge in [-0.05, 0) is 30.3 Å². The molecule has 1 heterocycles. The summed E-state index contributed by atoms with van der Waals surface area (Å²) >= 11 is 0. The van der Waals surface area contributed by atoms with Crippen molar-refractivity contribution in [1.82, 2.24) is 4.98 Å². The van der Waals surface area contributed by atoms with Gasteiger partial charge in [0.15, 0.2) is 0 Å². The number of nitro groups is 1. The number of hydrogen-bond donors (Lipinski definition) is 2. The molecule has 0 aliphatic rings. The van der Waals surface area contributed by atoms with E-state index in [1.54, 1.807) is 12.1 Å². The Morgan fingerprint density at radius 2 is 1.88 bits per heavy atom. The molecule has 0 bridgehead atoms. The van der Waals surface area contributed by atoms with Crippen LogP contribution in [0.15, 0.2) is 48.5 Å². The van der Waals surface area contributed by atoms with Crippen LogP contribution < -0.4 is 5.32 Å². The molecule has 3 aromatic rings. The predicted octanol–water partition coefficient (Wildman–Crippen LogP) is 3.57. The van der Waals surface area contributed by atoms with Gasteiger partial charge in [-0.1, -0.05) is 6.07 Å². The molecule has 128 valence electrons. The summed E-state index contributed by atoms with van der Waals surface area (Å²) in [7, 11) is 0. The molecule has 25 heavy (non-hydrogen) atoms. The number of rotatable bonds is 5. The molecule has 0 radical (unpaired) electrons. The summed E-state index contributed by atoms with van der Waals surface area (Å²) in [5.74, 6) is -1.28. The molecule has 0 spiro atoms. The molecule has 0 fully saturated rings. The summed E-state index contributed by atoms with van der Waals surface area (Å²) < 4.78 is 27.3. The summed E-state index contributed by atoms with van der Waals surface area (Å²) in [6.45, 7) is -0.149. The minimum absolute atomic E-state index is 0.0412. The second-order valence-electron chi connectivity index (χ2n) is 5.36. The Bertz CT molecular complexity index is 929. The first kappa shape index (κ1) is 16.7. The maximum Gasteiger partial charge on any atom is 0.270 e. The molecule has 0 amide bonds. The molecule has 6 nitrogen and oxygen atoms in total. The SMILES string of the molecule is O=[N+]([O-])c1ccc2nc(NCC(O)c3c(F)cccc3F)ccc2c1. The molecule has 8 heteroatoms. The molecule has 1 atom stereocenters. The number of aromatic nitrogens is 1. The van der Waals surface area contributed by atoms with Gasteiger partial charge >= 0.3 is 0 Å². The van der Waals surface area contributed by atoms with E-state index in [4.69, 9.17) is 0 Å². The molecule has 1 aromatic heterocycles. The number of nitrogens with zero attached hydrogens (tertiary/aromatic N) is 2. The summed E-state index contributed by atoms with van der Waals surface area (Å²) in [5.41, 5.74) is 0.0639. The number of benzene rings is 2. The molecule has 3 rings (SSSR count). The van der Waals surface area contributed by atoms with E-state index in [-0.39, 0.29) is 12.2 Å². The van der Waals surface area contributed by atoms with Gasteiger partial charge in [0, 0.05) is 24.1 Å². The maximum atomic E-state index is 13.6. The quantitative estimate of drug-likeness (QED) is 0.545. The molecular weight excluding hydrogens is 332 g/mol. The Kier molecular flexibility index (Phi) is 4.53. The van der Waals surface area contributed by atoms with Crippen molar-refractivity contribution in [1.29, 1.82) is 0 Å². The van der Waals surface area contributed by atoms with E-state index in [1.165, 1.54) is 24.3 Å². The molecule has 0 aliphatic heterocycles. The third-order valence-electron chi connectivity index (χ3n) is 3.69. The fourth-order valence-corrected chi connectivity index (χ4v) is 2.46. The number of nitrogens with one attached hydrogen (secondary N) is 1. The van der Waals surface area contributed by atoms with Crippen molar-refractivity contribution in [2.24, 2.45) is 0 Å². The summed E-state index contributed by atoms with van der Waals surface area (Å²) in [5, 5.41) is 24.2. The van der Waals surface area contributed by atoms with Gasteiger partial charge in [0.2, 0.25) is 0 Å². The van der Waals surface area contributed by atoms with Gasteiger partial charge in [-0.3, -0.25) is 10.1 Å².